The number of carbonyl (C=O) groups excluding carboxylic acids is 1. The molecule has 4 heterocycles. The zero-order chi connectivity index (χ0) is 23.9. The number of anilines is 2. The lowest BCUT2D eigenvalue weighted by Crippen LogP contribution is -2.50. The number of hydrogen-bond donors (Lipinski definition) is 2. The summed E-state index contributed by atoms with van der Waals surface area (Å²) in [6, 6.07) is 18.9. The van der Waals surface area contributed by atoms with Crippen LogP contribution >= 0.6 is 0 Å². The fraction of sp³-hybridized carbons (Fsp3) is 0.259. The maximum Gasteiger partial charge on any atom is 0.321 e. The highest BCUT2D eigenvalue weighted by molar-refractivity contribution is 5.89. The summed E-state index contributed by atoms with van der Waals surface area (Å²) in [7, 11) is 0. The van der Waals surface area contributed by atoms with Crippen LogP contribution in [0.2, 0.25) is 0 Å². The van der Waals surface area contributed by atoms with E-state index in [2.05, 4.69) is 10.6 Å². The van der Waals surface area contributed by atoms with E-state index in [0.717, 1.165) is 34.5 Å². The molecule has 4 aromatic rings. The number of nitrogens with zero attached hydrogens (tertiary/aromatic N) is 2. The van der Waals surface area contributed by atoms with E-state index in [1.165, 1.54) is 12.1 Å². The molecular weight excluding hydrogens is 447 g/mol. The number of urea groups is 1. The molecule has 8 heteroatoms. The SMILES string of the molecule is O=C(Nc1ccc(F)cc1)N1CC2CC(C1)c1c(NCc3cc4ccccc4o3)ccc(=O)n1C2. The summed E-state index contributed by atoms with van der Waals surface area (Å²) < 4.78 is 21.0. The number of hydrogen-bond acceptors (Lipinski definition) is 4. The van der Waals surface area contributed by atoms with Crippen LogP contribution in [-0.4, -0.2) is 28.6 Å². The Kier molecular flexibility index (Phi) is 5.28. The zero-order valence-corrected chi connectivity index (χ0v) is 19.0. The van der Waals surface area contributed by atoms with Crippen LogP contribution < -0.4 is 16.2 Å². The fourth-order valence-electron chi connectivity index (χ4n) is 5.37. The van der Waals surface area contributed by atoms with Crippen molar-refractivity contribution in [3.8, 4) is 0 Å². The van der Waals surface area contributed by atoms with Gasteiger partial charge in [-0.2, -0.15) is 0 Å². The molecule has 0 spiro atoms. The summed E-state index contributed by atoms with van der Waals surface area (Å²) in [5.74, 6) is 0.700. The number of benzene rings is 2. The molecule has 178 valence electrons. The topological polar surface area (TPSA) is 79.5 Å². The Labute approximate surface area is 201 Å². The van der Waals surface area contributed by atoms with Crippen molar-refractivity contribution in [2.24, 2.45) is 5.92 Å². The summed E-state index contributed by atoms with van der Waals surface area (Å²) in [6.07, 6.45) is 0.920. The first-order valence-corrected chi connectivity index (χ1v) is 11.8. The van der Waals surface area contributed by atoms with Crippen molar-refractivity contribution >= 4 is 28.4 Å². The number of carbonyl (C=O) groups is 1. The molecule has 2 aromatic carbocycles. The van der Waals surface area contributed by atoms with Crippen LogP contribution in [0, 0.1) is 11.7 Å². The van der Waals surface area contributed by atoms with Gasteiger partial charge in [-0.05, 0) is 54.8 Å². The van der Waals surface area contributed by atoms with E-state index < -0.39 is 0 Å². The van der Waals surface area contributed by atoms with Crippen LogP contribution in [0.3, 0.4) is 0 Å². The third-order valence-corrected chi connectivity index (χ3v) is 6.90. The van der Waals surface area contributed by atoms with Gasteiger partial charge in [0.05, 0.1) is 12.2 Å². The van der Waals surface area contributed by atoms with Gasteiger partial charge in [-0.1, -0.05) is 18.2 Å². The van der Waals surface area contributed by atoms with Crippen molar-refractivity contribution in [1.82, 2.24) is 9.47 Å². The number of fused-ring (bicyclic) bond motifs is 5. The van der Waals surface area contributed by atoms with Crippen molar-refractivity contribution in [2.75, 3.05) is 23.7 Å². The van der Waals surface area contributed by atoms with Gasteiger partial charge in [0.2, 0.25) is 0 Å². The van der Waals surface area contributed by atoms with E-state index in [9.17, 15) is 14.0 Å². The Morgan fingerprint density at radius 2 is 1.86 bits per heavy atom. The van der Waals surface area contributed by atoms with E-state index in [-0.39, 0.29) is 29.2 Å². The quantitative estimate of drug-likeness (QED) is 0.438. The average molecular weight is 473 g/mol. The standard InChI is InChI=1S/C27H25FN4O3/c28-20-5-7-21(8-6-20)30-27(34)31-14-17-11-19(16-31)26-23(9-10-25(33)32(26)15-17)29-13-22-12-18-3-1-2-4-24(18)35-22/h1-10,12,17,19,29H,11,13-16H2,(H,30,34). The van der Waals surface area contributed by atoms with Gasteiger partial charge in [0.1, 0.15) is 17.2 Å². The molecule has 7 nitrogen and oxygen atoms in total. The third kappa shape index (κ3) is 4.16. The van der Waals surface area contributed by atoms with Gasteiger partial charge in [-0.25, -0.2) is 9.18 Å². The fourth-order valence-corrected chi connectivity index (χ4v) is 5.37. The highest BCUT2D eigenvalue weighted by Crippen LogP contribution is 2.39. The van der Waals surface area contributed by atoms with E-state index in [1.807, 2.05) is 41.0 Å². The lowest BCUT2D eigenvalue weighted by molar-refractivity contribution is 0.140. The van der Waals surface area contributed by atoms with Crippen LogP contribution in [-0.2, 0) is 13.1 Å². The number of halogens is 1. The monoisotopic (exact) mass is 472 g/mol. The Morgan fingerprint density at radius 3 is 2.69 bits per heavy atom. The van der Waals surface area contributed by atoms with Crippen LogP contribution in [0.15, 0.2) is 75.9 Å². The number of piperidine rings is 1. The second-order valence-electron chi connectivity index (χ2n) is 9.33. The molecule has 2 amide bonds. The molecule has 0 radical (unpaired) electrons. The lowest BCUT2D eigenvalue weighted by Gasteiger charge is -2.43. The molecule has 0 saturated carbocycles. The Morgan fingerprint density at radius 1 is 1.03 bits per heavy atom. The molecule has 35 heavy (non-hydrogen) atoms. The lowest BCUT2D eigenvalue weighted by atomic mass is 9.82. The number of aromatic nitrogens is 1. The number of amides is 2. The molecular formula is C27H25FN4O3. The van der Waals surface area contributed by atoms with E-state index >= 15 is 0 Å². The molecule has 2 N–H and O–H groups in total. The van der Waals surface area contributed by atoms with Crippen molar-refractivity contribution in [3.05, 3.63) is 94.4 Å². The normalized spacial score (nSPS) is 18.8. The molecule has 6 rings (SSSR count). The largest absolute Gasteiger partial charge is 0.459 e. The van der Waals surface area contributed by atoms with Gasteiger partial charge in [-0.15, -0.1) is 0 Å². The Bertz CT molecular complexity index is 1430. The molecule has 2 aromatic heterocycles. The van der Waals surface area contributed by atoms with Crippen LogP contribution in [0.5, 0.6) is 0 Å². The second kappa shape index (κ2) is 8.61. The van der Waals surface area contributed by atoms with Crippen LogP contribution in [0.25, 0.3) is 11.0 Å². The molecule has 2 unspecified atom stereocenters. The van der Waals surface area contributed by atoms with E-state index in [4.69, 9.17) is 4.42 Å². The van der Waals surface area contributed by atoms with E-state index in [0.29, 0.717) is 31.9 Å². The summed E-state index contributed by atoms with van der Waals surface area (Å²) in [6.45, 7) is 2.15. The second-order valence-corrected chi connectivity index (χ2v) is 9.33. The van der Waals surface area contributed by atoms with Gasteiger partial charge in [-0.3, -0.25) is 4.79 Å². The molecule has 2 aliphatic heterocycles. The van der Waals surface area contributed by atoms with Crippen molar-refractivity contribution < 1.29 is 13.6 Å². The molecule has 2 atom stereocenters. The number of likely N-dealkylation sites (tertiary alicyclic amines) is 1. The molecule has 2 bridgehead atoms. The number of rotatable bonds is 4. The minimum atomic E-state index is -0.347. The van der Waals surface area contributed by atoms with Crippen molar-refractivity contribution in [3.63, 3.8) is 0 Å². The van der Waals surface area contributed by atoms with Gasteiger partial charge >= 0.3 is 6.03 Å². The third-order valence-electron chi connectivity index (χ3n) is 6.90. The van der Waals surface area contributed by atoms with Crippen LogP contribution in [0.1, 0.15) is 23.8 Å². The molecule has 1 saturated heterocycles. The van der Waals surface area contributed by atoms with Gasteiger partial charge < -0.3 is 24.5 Å². The van der Waals surface area contributed by atoms with Gasteiger partial charge in [0, 0.05) is 48.4 Å². The predicted molar refractivity (Wildman–Crippen MR) is 132 cm³/mol. The predicted octanol–water partition coefficient (Wildman–Crippen LogP) is 5.00. The highest BCUT2D eigenvalue weighted by Gasteiger charge is 2.37. The van der Waals surface area contributed by atoms with Gasteiger partial charge in [0.15, 0.2) is 0 Å². The number of pyridine rings is 1. The highest BCUT2D eigenvalue weighted by atomic mass is 19.1. The van der Waals surface area contributed by atoms with Gasteiger partial charge in [0.25, 0.3) is 5.56 Å². The molecule has 0 aliphatic carbocycles. The number of para-hydroxylation sites is 1. The smallest absolute Gasteiger partial charge is 0.321 e. The number of furan rings is 1. The first-order valence-electron chi connectivity index (χ1n) is 11.8. The average Bonchev–Trinajstić information content (AvgIpc) is 3.28. The molecule has 1 fully saturated rings. The summed E-state index contributed by atoms with van der Waals surface area (Å²) >= 11 is 0. The maximum absolute atomic E-state index is 13.2. The first kappa shape index (κ1) is 21.5. The number of nitrogens with one attached hydrogen (secondary N) is 2. The summed E-state index contributed by atoms with van der Waals surface area (Å²) in [5, 5.41) is 7.37. The minimum absolute atomic E-state index is 0.0202. The zero-order valence-electron chi connectivity index (χ0n) is 19.0. The van der Waals surface area contributed by atoms with E-state index in [1.54, 1.807) is 23.1 Å². The first-order chi connectivity index (χ1) is 17.0. The Balaban J connectivity index is 1.23. The summed E-state index contributed by atoms with van der Waals surface area (Å²) in [4.78, 5) is 27.5. The summed E-state index contributed by atoms with van der Waals surface area (Å²) in [5.41, 5.74) is 3.19. The van der Waals surface area contributed by atoms with Crippen LogP contribution in [0.4, 0.5) is 20.6 Å². The molecule has 2 aliphatic rings. The van der Waals surface area contributed by atoms with Crippen molar-refractivity contribution in [1.29, 1.82) is 0 Å². The Hall–Kier alpha value is -4.07. The van der Waals surface area contributed by atoms with Crippen molar-refractivity contribution in [2.45, 2.75) is 25.4 Å². The minimum Gasteiger partial charge on any atom is -0.459 e. The maximum atomic E-state index is 13.2.